The molecule has 3 rings (SSSR count). The summed E-state index contributed by atoms with van der Waals surface area (Å²) in [5.74, 6) is -0.298. The summed E-state index contributed by atoms with van der Waals surface area (Å²) in [6, 6.07) is 16.3. The van der Waals surface area contributed by atoms with Crippen LogP contribution in [0.25, 0.3) is 0 Å². The van der Waals surface area contributed by atoms with E-state index in [4.69, 9.17) is 0 Å². The first-order valence-electron chi connectivity index (χ1n) is 9.95. The molecule has 1 heterocycles. The lowest BCUT2D eigenvalue weighted by molar-refractivity contribution is -0.138. The average Bonchev–Trinajstić information content (AvgIpc) is 3.18. The van der Waals surface area contributed by atoms with Crippen molar-refractivity contribution in [1.29, 1.82) is 0 Å². The maximum absolute atomic E-state index is 12.9. The lowest BCUT2D eigenvalue weighted by Crippen LogP contribution is -2.47. The first-order valence-corrected chi connectivity index (χ1v) is 9.95. The standard InChI is InChI=1S/C23H27N3O3/c1-16(19-10-6-11-20(15-19)25-17(2)27)24-23(29)21-12-7-13-26(21)22(28)14-18-8-4-3-5-9-18/h3-6,8-11,15-16,21H,7,12-14H2,1-2H3,(H,24,29)(H,25,27). The van der Waals surface area contributed by atoms with E-state index in [0.717, 1.165) is 17.5 Å². The smallest absolute Gasteiger partial charge is 0.243 e. The molecule has 2 N–H and O–H groups in total. The summed E-state index contributed by atoms with van der Waals surface area (Å²) in [6.45, 7) is 3.96. The van der Waals surface area contributed by atoms with Crippen molar-refractivity contribution in [3.63, 3.8) is 0 Å². The molecule has 0 aliphatic carbocycles. The number of nitrogens with one attached hydrogen (secondary N) is 2. The minimum absolute atomic E-state index is 0.0193. The number of carbonyl (C=O) groups is 3. The van der Waals surface area contributed by atoms with Crippen LogP contribution in [0.4, 0.5) is 5.69 Å². The second-order valence-corrected chi connectivity index (χ2v) is 7.44. The second kappa shape index (κ2) is 9.37. The fourth-order valence-electron chi connectivity index (χ4n) is 3.69. The zero-order chi connectivity index (χ0) is 20.8. The van der Waals surface area contributed by atoms with Crippen LogP contribution in [0.2, 0.25) is 0 Å². The number of anilines is 1. The van der Waals surface area contributed by atoms with Crippen molar-refractivity contribution in [2.45, 2.75) is 45.2 Å². The van der Waals surface area contributed by atoms with Crippen molar-refractivity contribution < 1.29 is 14.4 Å². The predicted molar refractivity (Wildman–Crippen MR) is 112 cm³/mol. The summed E-state index contributed by atoms with van der Waals surface area (Å²) < 4.78 is 0. The van der Waals surface area contributed by atoms with Crippen molar-refractivity contribution in [2.24, 2.45) is 0 Å². The van der Waals surface area contributed by atoms with E-state index >= 15 is 0 Å². The van der Waals surface area contributed by atoms with E-state index in [-0.39, 0.29) is 23.8 Å². The van der Waals surface area contributed by atoms with E-state index in [9.17, 15) is 14.4 Å². The number of likely N-dealkylation sites (tertiary alicyclic amines) is 1. The van der Waals surface area contributed by atoms with Gasteiger partial charge in [-0.2, -0.15) is 0 Å². The van der Waals surface area contributed by atoms with E-state index in [1.807, 2.05) is 55.5 Å². The number of rotatable bonds is 6. The number of nitrogens with zero attached hydrogens (tertiary/aromatic N) is 1. The monoisotopic (exact) mass is 393 g/mol. The minimum atomic E-state index is -0.438. The van der Waals surface area contributed by atoms with Gasteiger partial charge in [-0.3, -0.25) is 14.4 Å². The molecule has 0 saturated carbocycles. The molecule has 6 heteroatoms. The second-order valence-electron chi connectivity index (χ2n) is 7.44. The van der Waals surface area contributed by atoms with Crippen LogP contribution < -0.4 is 10.6 Å². The summed E-state index contributed by atoms with van der Waals surface area (Å²) in [6.07, 6.45) is 1.80. The van der Waals surface area contributed by atoms with E-state index < -0.39 is 6.04 Å². The van der Waals surface area contributed by atoms with Crippen LogP contribution in [-0.4, -0.2) is 35.2 Å². The molecule has 2 aromatic rings. The summed E-state index contributed by atoms with van der Waals surface area (Å²) in [7, 11) is 0. The number of benzene rings is 2. The molecule has 2 atom stereocenters. The first kappa shape index (κ1) is 20.6. The molecule has 152 valence electrons. The van der Waals surface area contributed by atoms with Gasteiger partial charge >= 0.3 is 0 Å². The highest BCUT2D eigenvalue weighted by Gasteiger charge is 2.34. The van der Waals surface area contributed by atoms with Crippen molar-refractivity contribution in [3.05, 3.63) is 65.7 Å². The third-order valence-electron chi connectivity index (χ3n) is 5.14. The minimum Gasteiger partial charge on any atom is -0.348 e. The summed E-state index contributed by atoms with van der Waals surface area (Å²) in [4.78, 5) is 38.6. The Hall–Kier alpha value is -3.15. The lowest BCUT2D eigenvalue weighted by Gasteiger charge is -2.26. The Labute approximate surface area is 171 Å². The van der Waals surface area contributed by atoms with Crippen LogP contribution in [0.1, 0.15) is 43.9 Å². The van der Waals surface area contributed by atoms with Gasteiger partial charge in [-0.05, 0) is 43.0 Å². The molecule has 2 aromatic carbocycles. The Morgan fingerprint density at radius 1 is 1.10 bits per heavy atom. The van der Waals surface area contributed by atoms with E-state index in [0.29, 0.717) is 25.1 Å². The van der Waals surface area contributed by atoms with E-state index in [1.165, 1.54) is 6.92 Å². The molecule has 0 aromatic heterocycles. The zero-order valence-corrected chi connectivity index (χ0v) is 16.9. The van der Waals surface area contributed by atoms with Crippen molar-refractivity contribution in [2.75, 3.05) is 11.9 Å². The van der Waals surface area contributed by atoms with Gasteiger partial charge in [0.1, 0.15) is 6.04 Å². The largest absolute Gasteiger partial charge is 0.348 e. The molecule has 6 nitrogen and oxygen atoms in total. The normalized spacial score (nSPS) is 16.9. The zero-order valence-electron chi connectivity index (χ0n) is 16.9. The highest BCUT2D eigenvalue weighted by atomic mass is 16.2. The molecule has 1 saturated heterocycles. The number of hydrogen-bond donors (Lipinski definition) is 2. The number of amides is 3. The number of hydrogen-bond acceptors (Lipinski definition) is 3. The predicted octanol–water partition coefficient (Wildman–Crippen LogP) is 3.06. The van der Waals surface area contributed by atoms with Gasteiger partial charge in [0.2, 0.25) is 17.7 Å². The Bertz CT molecular complexity index is 882. The highest BCUT2D eigenvalue weighted by Crippen LogP contribution is 2.22. The van der Waals surface area contributed by atoms with Crippen LogP contribution in [0, 0.1) is 0 Å². The van der Waals surface area contributed by atoms with Crippen LogP contribution in [0.15, 0.2) is 54.6 Å². The molecular weight excluding hydrogens is 366 g/mol. The van der Waals surface area contributed by atoms with Gasteiger partial charge in [0.05, 0.1) is 12.5 Å². The maximum Gasteiger partial charge on any atom is 0.243 e. The van der Waals surface area contributed by atoms with Crippen LogP contribution in [0.5, 0.6) is 0 Å². The topological polar surface area (TPSA) is 78.5 Å². The maximum atomic E-state index is 12.9. The van der Waals surface area contributed by atoms with Gasteiger partial charge in [0.25, 0.3) is 0 Å². The van der Waals surface area contributed by atoms with Crippen molar-refractivity contribution in [3.8, 4) is 0 Å². The first-order chi connectivity index (χ1) is 13.9. The summed E-state index contributed by atoms with van der Waals surface area (Å²) >= 11 is 0. The van der Waals surface area contributed by atoms with Gasteiger partial charge in [0, 0.05) is 19.2 Å². The summed E-state index contributed by atoms with van der Waals surface area (Å²) in [5, 5.41) is 5.77. The average molecular weight is 393 g/mol. The Kier molecular flexibility index (Phi) is 6.65. The molecule has 3 amide bonds. The van der Waals surface area contributed by atoms with Gasteiger partial charge in [-0.25, -0.2) is 0 Å². The number of carbonyl (C=O) groups excluding carboxylic acids is 3. The van der Waals surface area contributed by atoms with Gasteiger partial charge in [0.15, 0.2) is 0 Å². The van der Waals surface area contributed by atoms with Crippen LogP contribution in [0.3, 0.4) is 0 Å². The molecular formula is C23H27N3O3. The molecule has 29 heavy (non-hydrogen) atoms. The van der Waals surface area contributed by atoms with Gasteiger partial charge < -0.3 is 15.5 Å². The lowest BCUT2D eigenvalue weighted by atomic mass is 10.1. The third kappa shape index (κ3) is 5.44. The Morgan fingerprint density at radius 3 is 2.59 bits per heavy atom. The SMILES string of the molecule is CC(=O)Nc1cccc(C(C)NC(=O)C2CCCN2C(=O)Cc2ccccc2)c1. The fraction of sp³-hybridized carbons (Fsp3) is 0.348. The van der Waals surface area contributed by atoms with Gasteiger partial charge in [-0.15, -0.1) is 0 Å². The quantitative estimate of drug-likeness (QED) is 0.792. The Balaban J connectivity index is 1.63. The van der Waals surface area contributed by atoms with Crippen molar-refractivity contribution >= 4 is 23.4 Å². The molecule has 0 radical (unpaired) electrons. The van der Waals surface area contributed by atoms with Crippen LogP contribution >= 0.6 is 0 Å². The van der Waals surface area contributed by atoms with E-state index in [2.05, 4.69) is 10.6 Å². The highest BCUT2D eigenvalue weighted by molar-refractivity contribution is 5.90. The molecule has 0 bridgehead atoms. The van der Waals surface area contributed by atoms with Crippen LogP contribution in [-0.2, 0) is 20.8 Å². The molecule has 1 fully saturated rings. The molecule has 1 aliphatic heterocycles. The fourth-order valence-corrected chi connectivity index (χ4v) is 3.69. The molecule has 2 unspecified atom stereocenters. The summed E-state index contributed by atoms with van der Waals surface area (Å²) in [5.41, 5.74) is 2.54. The third-order valence-corrected chi connectivity index (χ3v) is 5.14. The van der Waals surface area contributed by atoms with E-state index in [1.54, 1.807) is 11.0 Å². The molecule has 0 spiro atoms. The Morgan fingerprint density at radius 2 is 1.86 bits per heavy atom. The molecule has 1 aliphatic rings. The van der Waals surface area contributed by atoms with Gasteiger partial charge in [-0.1, -0.05) is 42.5 Å². The van der Waals surface area contributed by atoms with Crippen molar-refractivity contribution in [1.82, 2.24) is 10.2 Å².